The fourth-order valence-corrected chi connectivity index (χ4v) is 2.23. The minimum absolute atomic E-state index is 0.104. The van der Waals surface area contributed by atoms with Crippen molar-refractivity contribution in [1.29, 1.82) is 0 Å². The van der Waals surface area contributed by atoms with Crippen molar-refractivity contribution in [2.24, 2.45) is 5.73 Å². The molecule has 2 atom stereocenters. The second-order valence-corrected chi connectivity index (χ2v) is 4.84. The number of nitrogens with zero attached hydrogens (tertiary/aromatic N) is 1. The van der Waals surface area contributed by atoms with Crippen molar-refractivity contribution >= 4 is 5.91 Å². The van der Waals surface area contributed by atoms with E-state index in [9.17, 15) is 4.79 Å². The molecule has 18 heavy (non-hydrogen) atoms. The zero-order chi connectivity index (χ0) is 13.4. The average molecular weight is 257 g/mol. The molecule has 0 aliphatic carbocycles. The number of morpholine rings is 1. The first-order valence-corrected chi connectivity index (χ1v) is 7.03. The Morgan fingerprint density at radius 1 is 1.56 bits per heavy atom. The Hall–Kier alpha value is -0.650. The lowest BCUT2D eigenvalue weighted by molar-refractivity contribution is -0.123. The summed E-state index contributed by atoms with van der Waals surface area (Å²) in [7, 11) is 0. The lowest BCUT2D eigenvalue weighted by Gasteiger charge is -2.37. The van der Waals surface area contributed by atoms with Crippen LogP contribution in [0.1, 0.15) is 33.1 Å². The Morgan fingerprint density at radius 2 is 2.33 bits per heavy atom. The van der Waals surface area contributed by atoms with Crippen LogP contribution in [0.5, 0.6) is 0 Å². The fourth-order valence-electron chi connectivity index (χ4n) is 2.23. The number of nitrogens with two attached hydrogens (primary N) is 1. The molecule has 1 amide bonds. The molecule has 1 fully saturated rings. The normalized spacial score (nSPS) is 22.7. The third-order valence-corrected chi connectivity index (χ3v) is 3.41. The number of ether oxygens (including phenoxy) is 1. The maximum Gasteiger partial charge on any atom is 0.221 e. The average Bonchev–Trinajstić information content (AvgIpc) is 2.42. The molecule has 0 bridgehead atoms. The van der Waals surface area contributed by atoms with E-state index in [1.165, 1.54) is 0 Å². The molecule has 0 saturated carbocycles. The Bertz CT molecular complexity index is 248. The Balaban J connectivity index is 2.41. The van der Waals surface area contributed by atoms with Crippen LogP contribution in [0.3, 0.4) is 0 Å². The molecule has 0 aromatic carbocycles. The van der Waals surface area contributed by atoms with Crippen LogP contribution in [0.25, 0.3) is 0 Å². The molecular formula is C13H27N3O2. The molecule has 1 aliphatic rings. The van der Waals surface area contributed by atoms with Crippen LogP contribution in [-0.2, 0) is 9.53 Å². The summed E-state index contributed by atoms with van der Waals surface area (Å²) in [6.07, 6.45) is 2.75. The standard InChI is InChI=1S/C13H27N3O2/c1-3-5-15-13(17)8-11(9-14)16-6-7-18-12(4-2)10-16/h11-12H,3-10,14H2,1-2H3,(H,15,17). The van der Waals surface area contributed by atoms with E-state index >= 15 is 0 Å². The van der Waals surface area contributed by atoms with E-state index in [1.807, 2.05) is 0 Å². The summed E-state index contributed by atoms with van der Waals surface area (Å²) in [5, 5.41) is 2.91. The summed E-state index contributed by atoms with van der Waals surface area (Å²) in [6, 6.07) is 0.139. The van der Waals surface area contributed by atoms with E-state index in [2.05, 4.69) is 24.1 Å². The van der Waals surface area contributed by atoms with Crippen LogP contribution in [0, 0.1) is 0 Å². The number of amides is 1. The molecular weight excluding hydrogens is 230 g/mol. The van der Waals surface area contributed by atoms with Crippen molar-refractivity contribution in [2.45, 2.75) is 45.3 Å². The quantitative estimate of drug-likeness (QED) is 0.690. The molecule has 5 heteroatoms. The van der Waals surface area contributed by atoms with Gasteiger partial charge in [0, 0.05) is 38.6 Å². The third-order valence-electron chi connectivity index (χ3n) is 3.41. The van der Waals surface area contributed by atoms with Gasteiger partial charge in [-0.3, -0.25) is 9.69 Å². The first-order chi connectivity index (χ1) is 8.71. The largest absolute Gasteiger partial charge is 0.376 e. The van der Waals surface area contributed by atoms with Gasteiger partial charge in [0.1, 0.15) is 0 Å². The first-order valence-electron chi connectivity index (χ1n) is 7.03. The third kappa shape index (κ3) is 4.92. The SMILES string of the molecule is CCCNC(=O)CC(CN)N1CCOC(CC)C1. The summed E-state index contributed by atoms with van der Waals surface area (Å²) in [4.78, 5) is 14.0. The van der Waals surface area contributed by atoms with Crippen molar-refractivity contribution in [3.05, 3.63) is 0 Å². The molecule has 106 valence electrons. The highest BCUT2D eigenvalue weighted by atomic mass is 16.5. The maximum absolute atomic E-state index is 11.7. The van der Waals surface area contributed by atoms with Gasteiger partial charge in [-0.15, -0.1) is 0 Å². The summed E-state index contributed by atoms with van der Waals surface area (Å²) in [6.45, 7) is 7.95. The fraction of sp³-hybridized carbons (Fsp3) is 0.923. The van der Waals surface area contributed by atoms with Gasteiger partial charge in [0.2, 0.25) is 5.91 Å². The predicted molar refractivity (Wildman–Crippen MR) is 72.4 cm³/mol. The molecule has 3 N–H and O–H groups in total. The van der Waals surface area contributed by atoms with Crippen LogP contribution in [-0.4, -0.2) is 55.7 Å². The van der Waals surface area contributed by atoms with Crippen LogP contribution in [0.15, 0.2) is 0 Å². The maximum atomic E-state index is 11.7. The highest BCUT2D eigenvalue weighted by Crippen LogP contribution is 2.13. The van der Waals surface area contributed by atoms with Gasteiger partial charge in [-0.05, 0) is 12.8 Å². The molecule has 0 aromatic heterocycles. The first kappa shape index (κ1) is 15.4. The van der Waals surface area contributed by atoms with Crippen molar-refractivity contribution in [1.82, 2.24) is 10.2 Å². The molecule has 0 aromatic rings. The number of hydrogen-bond acceptors (Lipinski definition) is 4. The van der Waals surface area contributed by atoms with Crippen molar-refractivity contribution in [2.75, 3.05) is 32.8 Å². The summed E-state index contributed by atoms with van der Waals surface area (Å²) >= 11 is 0. The summed E-state index contributed by atoms with van der Waals surface area (Å²) < 4.78 is 5.64. The molecule has 5 nitrogen and oxygen atoms in total. The number of carbonyl (C=O) groups is 1. The van der Waals surface area contributed by atoms with E-state index < -0.39 is 0 Å². The van der Waals surface area contributed by atoms with Gasteiger partial charge in [0.25, 0.3) is 0 Å². The number of carbonyl (C=O) groups excluding carboxylic acids is 1. The van der Waals surface area contributed by atoms with Gasteiger partial charge < -0.3 is 15.8 Å². The molecule has 1 saturated heterocycles. The lowest BCUT2D eigenvalue weighted by atomic mass is 10.1. The van der Waals surface area contributed by atoms with E-state index in [0.29, 0.717) is 13.0 Å². The number of rotatable bonds is 7. The van der Waals surface area contributed by atoms with Crippen molar-refractivity contribution in [3.8, 4) is 0 Å². The number of hydrogen-bond donors (Lipinski definition) is 2. The molecule has 2 unspecified atom stereocenters. The van der Waals surface area contributed by atoms with E-state index in [4.69, 9.17) is 10.5 Å². The van der Waals surface area contributed by atoms with E-state index in [0.717, 1.165) is 39.1 Å². The van der Waals surface area contributed by atoms with Crippen LogP contribution in [0.4, 0.5) is 0 Å². The summed E-state index contributed by atoms with van der Waals surface area (Å²) in [5.74, 6) is 0.104. The number of nitrogens with one attached hydrogen (secondary N) is 1. The van der Waals surface area contributed by atoms with E-state index in [-0.39, 0.29) is 18.1 Å². The summed E-state index contributed by atoms with van der Waals surface area (Å²) in [5.41, 5.74) is 5.80. The smallest absolute Gasteiger partial charge is 0.221 e. The second kappa shape index (κ2) is 8.45. The zero-order valence-corrected chi connectivity index (χ0v) is 11.7. The van der Waals surface area contributed by atoms with Crippen molar-refractivity contribution in [3.63, 3.8) is 0 Å². The Kier molecular flexibility index (Phi) is 7.23. The van der Waals surface area contributed by atoms with Crippen LogP contribution < -0.4 is 11.1 Å². The van der Waals surface area contributed by atoms with E-state index in [1.54, 1.807) is 0 Å². The van der Waals surface area contributed by atoms with Gasteiger partial charge in [0.15, 0.2) is 0 Å². The topological polar surface area (TPSA) is 67.6 Å². The minimum atomic E-state index is 0.104. The lowest BCUT2D eigenvalue weighted by Crippen LogP contribution is -2.51. The highest BCUT2D eigenvalue weighted by molar-refractivity contribution is 5.76. The predicted octanol–water partition coefficient (Wildman–Crippen LogP) is 0.341. The molecule has 0 spiro atoms. The monoisotopic (exact) mass is 257 g/mol. The second-order valence-electron chi connectivity index (χ2n) is 4.84. The molecule has 0 radical (unpaired) electrons. The molecule has 1 aliphatic heterocycles. The Labute approximate surface area is 110 Å². The van der Waals surface area contributed by atoms with Crippen LogP contribution in [0.2, 0.25) is 0 Å². The van der Waals surface area contributed by atoms with Gasteiger partial charge in [-0.2, -0.15) is 0 Å². The van der Waals surface area contributed by atoms with Gasteiger partial charge in [0.05, 0.1) is 12.7 Å². The van der Waals surface area contributed by atoms with Crippen LogP contribution >= 0.6 is 0 Å². The highest BCUT2D eigenvalue weighted by Gasteiger charge is 2.26. The Morgan fingerprint density at radius 3 is 2.94 bits per heavy atom. The minimum Gasteiger partial charge on any atom is -0.376 e. The molecule has 1 heterocycles. The molecule has 1 rings (SSSR count). The van der Waals surface area contributed by atoms with Gasteiger partial charge in [-0.1, -0.05) is 13.8 Å². The zero-order valence-electron chi connectivity index (χ0n) is 11.7. The van der Waals surface area contributed by atoms with Gasteiger partial charge in [-0.25, -0.2) is 0 Å². The van der Waals surface area contributed by atoms with Gasteiger partial charge >= 0.3 is 0 Å². The van der Waals surface area contributed by atoms with Crippen molar-refractivity contribution < 1.29 is 9.53 Å².